The average Bonchev–Trinajstić information content (AvgIpc) is 3.21. The molecule has 11 heteroatoms. The van der Waals surface area contributed by atoms with Gasteiger partial charge in [-0.2, -0.15) is 0 Å². The van der Waals surface area contributed by atoms with Crippen molar-refractivity contribution in [2.75, 3.05) is 57.5 Å². The van der Waals surface area contributed by atoms with Gasteiger partial charge in [-0.15, -0.1) is 0 Å². The molecule has 1 aromatic heterocycles. The number of nitrogens with zero attached hydrogens (tertiary/aromatic N) is 6. The molecule has 0 unspecified atom stereocenters. The van der Waals surface area contributed by atoms with Crippen molar-refractivity contribution in [1.29, 1.82) is 0 Å². The Hall–Kier alpha value is -2.79. The highest BCUT2D eigenvalue weighted by Crippen LogP contribution is 2.29. The van der Waals surface area contributed by atoms with Crippen molar-refractivity contribution in [2.24, 2.45) is 0 Å². The van der Waals surface area contributed by atoms with E-state index in [9.17, 15) is 14.9 Å². The first-order valence-corrected chi connectivity index (χ1v) is 10.7. The average molecular weight is 492 g/mol. The number of rotatable bonds is 8. The third-order valence-electron chi connectivity index (χ3n) is 5.14. The quantitative estimate of drug-likeness (QED) is 0.443. The van der Waals surface area contributed by atoms with Gasteiger partial charge in [0.15, 0.2) is 0 Å². The van der Waals surface area contributed by atoms with Gasteiger partial charge in [0, 0.05) is 63.3 Å². The van der Waals surface area contributed by atoms with Gasteiger partial charge in [0.05, 0.1) is 9.40 Å². The third kappa shape index (κ3) is 5.88. The van der Waals surface area contributed by atoms with Crippen molar-refractivity contribution >= 4 is 39.2 Å². The second-order valence-electron chi connectivity index (χ2n) is 7.79. The Morgan fingerprint density at radius 2 is 2.00 bits per heavy atom. The van der Waals surface area contributed by atoms with E-state index in [2.05, 4.69) is 31.2 Å². The fourth-order valence-corrected chi connectivity index (χ4v) is 3.61. The van der Waals surface area contributed by atoms with Gasteiger partial charge in [-0.3, -0.25) is 14.9 Å². The first-order chi connectivity index (χ1) is 14.7. The summed E-state index contributed by atoms with van der Waals surface area (Å²) in [5.41, 5.74) is 0.874. The maximum Gasteiger partial charge on any atom is 0.292 e. The van der Waals surface area contributed by atoms with Crippen LogP contribution in [0.1, 0.15) is 16.8 Å². The van der Waals surface area contributed by atoms with Crippen molar-refractivity contribution in [1.82, 2.24) is 19.8 Å². The molecule has 1 atom stereocenters. The Morgan fingerprint density at radius 1 is 1.29 bits per heavy atom. The lowest BCUT2D eigenvalue weighted by atomic mass is 10.1. The molecule has 0 aliphatic carbocycles. The molecule has 0 spiro atoms. The van der Waals surface area contributed by atoms with Gasteiger partial charge < -0.3 is 20.0 Å². The van der Waals surface area contributed by atoms with E-state index in [1.54, 1.807) is 30.4 Å². The van der Waals surface area contributed by atoms with Crippen molar-refractivity contribution in [3.8, 4) is 0 Å². The number of hydrogen-bond acceptors (Lipinski definition) is 8. The van der Waals surface area contributed by atoms with Gasteiger partial charge in [0.1, 0.15) is 5.69 Å². The molecular weight excluding hydrogens is 466 g/mol. The number of amides is 1. The molecule has 10 nitrogen and oxygen atoms in total. The van der Waals surface area contributed by atoms with Crippen LogP contribution in [0.15, 0.2) is 35.1 Å². The number of likely N-dealkylation sites (tertiary alicyclic amines) is 1. The maximum atomic E-state index is 13.1. The molecule has 31 heavy (non-hydrogen) atoms. The molecule has 1 aliphatic rings. The Balaban J connectivity index is 1.71. The van der Waals surface area contributed by atoms with Gasteiger partial charge in [0.25, 0.3) is 11.6 Å². The number of nitro benzene ring substituents is 1. The first-order valence-electron chi connectivity index (χ1n) is 9.92. The zero-order valence-electron chi connectivity index (χ0n) is 17.8. The van der Waals surface area contributed by atoms with Crippen LogP contribution in [0.2, 0.25) is 0 Å². The summed E-state index contributed by atoms with van der Waals surface area (Å²) in [5, 5.41) is 14.7. The molecule has 1 fully saturated rings. The third-order valence-corrected chi connectivity index (χ3v) is 5.55. The number of carbonyl (C=O) groups excluding carboxylic acids is 1. The zero-order chi connectivity index (χ0) is 22.5. The highest BCUT2D eigenvalue weighted by molar-refractivity contribution is 9.10. The van der Waals surface area contributed by atoms with Crippen LogP contribution in [0.5, 0.6) is 0 Å². The fourth-order valence-electron chi connectivity index (χ4n) is 3.40. The van der Waals surface area contributed by atoms with Crippen LogP contribution >= 0.6 is 15.9 Å². The molecule has 166 valence electrons. The highest BCUT2D eigenvalue weighted by Gasteiger charge is 2.29. The van der Waals surface area contributed by atoms with E-state index >= 15 is 0 Å². The molecule has 2 heterocycles. The van der Waals surface area contributed by atoms with Gasteiger partial charge in [0.2, 0.25) is 5.95 Å². The lowest BCUT2D eigenvalue weighted by molar-refractivity contribution is -0.384. The second kappa shape index (κ2) is 10.0. The van der Waals surface area contributed by atoms with E-state index in [1.807, 2.05) is 23.9 Å². The molecule has 3 rings (SSSR count). The number of hydrogen-bond donors (Lipinski definition) is 1. The van der Waals surface area contributed by atoms with Gasteiger partial charge in [-0.05, 0) is 48.6 Å². The Morgan fingerprint density at radius 3 is 2.65 bits per heavy atom. The van der Waals surface area contributed by atoms with Crippen molar-refractivity contribution in [3.63, 3.8) is 0 Å². The van der Waals surface area contributed by atoms with E-state index < -0.39 is 4.92 Å². The Bertz CT molecular complexity index is 939. The van der Waals surface area contributed by atoms with Crippen molar-refractivity contribution in [2.45, 2.75) is 12.5 Å². The van der Waals surface area contributed by atoms with E-state index in [-0.39, 0.29) is 17.6 Å². The molecule has 0 bridgehead atoms. The number of nitro groups is 1. The topological polar surface area (TPSA) is 108 Å². The Kier molecular flexibility index (Phi) is 7.39. The molecular formula is C20H26BrN7O3. The van der Waals surface area contributed by atoms with Crippen LogP contribution in [0.25, 0.3) is 0 Å². The maximum absolute atomic E-state index is 13.1. The number of carbonyl (C=O) groups is 1. The van der Waals surface area contributed by atoms with Crippen LogP contribution in [-0.2, 0) is 0 Å². The summed E-state index contributed by atoms with van der Waals surface area (Å²) in [4.78, 5) is 38.1. The monoisotopic (exact) mass is 491 g/mol. The van der Waals surface area contributed by atoms with E-state index in [4.69, 9.17) is 0 Å². The number of nitrogens with one attached hydrogen (secondary N) is 1. The smallest absolute Gasteiger partial charge is 0.292 e. The van der Waals surface area contributed by atoms with E-state index in [0.29, 0.717) is 36.8 Å². The van der Waals surface area contributed by atoms with Crippen LogP contribution in [-0.4, -0.2) is 84.0 Å². The summed E-state index contributed by atoms with van der Waals surface area (Å²) in [6.07, 6.45) is 4.10. The van der Waals surface area contributed by atoms with E-state index in [1.165, 1.54) is 12.1 Å². The minimum Gasteiger partial charge on any atom is -0.368 e. The largest absolute Gasteiger partial charge is 0.368 e. The molecule has 1 aliphatic heterocycles. The van der Waals surface area contributed by atoms with Crippen LogP contribution in [0, 0.1) is 10.1 Å². The number of likely N-dealkylation sites (N-methyl/N-ethyl adjacent to an activating group) is 2. The van der Waals surface area contributed by atoms with Crippen LogP contribution in [0.3, 0.4) is 0 Å². The molecule has 1 amide bonds. The molecule has 1 N–H and O–H groups in total. The predicted molar refractivity (Wildman–Crippen MR) is 123 cm³/mol. The zero-order valence-corrected chi connectivity index (χ0v) is 19.4. The predicted octanol–water partition coefficient (Wildman–Crippen LogP) is 2.47. The van der Waals surface area contributed by atoms with Crippen molar-refractivity contribution in [3.05, 3.63) is 50.7 Å². The summed E-state index contributed by atoms with van der Waals surface area (Å²) in [6.45, 7) is 2.45. The molecule has 0 saturated carbocycles. The van der Waals surface area contributed by atoms with Gasteiger partial charge >= 0.3 is 0 Å². The molecule has 1 saturated heterocycles. The standard InChI is InChI=1S/C20H26BrN7O3/c1-25(2)8-9-26(3)18-10-14(4-5-17(18)28(30)31)19(29)27-7-6-16(13-27)24-20-22-11-15(21)12-23-20/h4-5,10-12,16H,6-9,13H2,1-3H3,(H,22,23,24)/t16-/m0/s1. The SMILES string of the molecule is CN(C)CCN(C)c1cc(C(=O)N2CC[C@H](Nc3ncc(Br)cn3)C2)ccc1[N+](=O)[O-]. The minimum absolute atomic E-state index is 0.00819. The van der Waals surface area contributed by atoms with Crippen molar-refractivity contribution < 1.29 is 9.72 Å². The number of aromatic nitrogens is 2. The fraction of sp³-hybridized carbons (Fsp3) is 0.450. The molecule has 0 radical (unpaired) electrons. The summed E-state index contributed by atoms with van der Waals surface area (Å²) in [5.74, 6) is 0.376. The van der Waals surface area contributed by atoms with Gasteiger partial charge in [-0.1, -0.05) is 0 Å². The lowest BCUT2D eigenvalue weighted by Crippen LogP contribution is -2.32. The van der Waals surface area contributed by atoms with Gasteiger partial charge in [-0.25, -0.2) is 9.97 Å². The number of benzene rings is 1. The normalized spacial score (nSPS) is 15.9. The summed E-state index contributed by atoms with van der Waals surface area (Å²) >= 11 is 3.31. The summed E-state index contributed by atoms with van der Waals surface area (Å²) in [6, 6.07) is 4.61. The molecule has 1 aromatic carbocycles. The molecule has 2 aromatic rings. The Labute approximate surface area is 189 Å². The minimum atomic E-state index is -0.413. The number of halogens is 1. The van der Waals surface area contributed by atoms with E-state index in [0.717, 1.165) is 17.4 Å². The number of anilines is 2. The first kappa shape index (κ1) is 22.9. The van der Waals surface area contributed by atoms with Crippen LogP contribution < -0.4 is 10.2 Å². The lowest BCUT2D eigenvalue weighted by Gasteiger charge is -2.23. The highest BCUT2D eigenvalue weighted by atomic mass is 79.9. The summed E-state index contributed by atoms with van der Waals surface area (Å²) < 4.78 is 0.797. The second-order valence-corrected chi connectivity index (χ2v) is 8.71. The van der Waals surface area contributed by atoms with Crippen LogP contribution in [0.4, 0.5) is 17.3 Å². The summed E-state index contributed by atoms with van der Waals surface area (Å²) in [7, 11) is 5.69.